The summed E-state index contributed by atoms with van der Waals surface area (Å²) in [7, 11) is 0. The number of aromatic nitrogens is 2. The summed E-state index contributed by atoms with van der Waals surface area (Å²) in [5.74, 6) is -0.768. The molecule has 0 radical (unpaired) electrons. The summed E-state index contributed by atoms with van der Waals surface area (Å²) in [5.41, 5.74) is 1.57. The monoisotopic (exact) mass is 451 g/mol. The predicted octanol–water partition coefficient (Wildman–Crippen LogP) is 4.96. The zero-order valence-corrected chi connectivity index (χ0v) is 17.8. The van der Waals surface area contributed by atoms with Crippen LogP contribution < -0.4 is 5.32 Å². The number of rotatable bonds is 7. The van der Waals surface area contributed by atoms with Gasteiger partial charge in [-0.1, -0.05) is 24.3 Å². The lowest BCUT2D eigenvalue weighted by atomic mass is 10.1. The van der Waals surface area contributed by atoms with Gasteiger partial charge in [-0.05, 0) is 31.2 Å². The Bertz CT molecular complexity index is 1270. The molecule has 0 spiro atoms. The zero-order valence-electron chi connectivity index (χ0n) is 17.0. The maximum atomic E-state index is 14.1. The van der Waals surface area contributed by atoms with Gasteiger partial charge in [0.05, 0.1) is 36.0 Å². The number of esters is 1. The first kappa shape index (κ1) is 21.4. The predicted molar refractivity (Wildman–Crippen MR) is 118 cm³/mol. The number of thiazole rings is 1. The summed E-state index contributed by atoms with van der Waals surface area (Å²) >= 11 is 1.21. The highest BCUT2D eigenvalue weighted by atomic mass is 32.1. The van der Waals surface area contributed by atoms with Gasteiger partial charge in [0.2, 0.25) is 5.89 Å². The fraction of sp³-hybridized carbons (Fsp3) is 0.130. The highest BCUT2D eigenvalue weighted by molar-refractivity contribution is 7.14. The van der Waals surface area contributed by atoms with Crippen molar-refractivity contribution in [3.05, 3.63) is 77.2 Å². The van der Waals surface area contributed by atoms with Crippen molar-refractivity contribution in [2.24, 2.45) is 0 Å². The lowest BCUT2D eigenvalue weighted by molar-refractivity contribution is -0.142. The number of amides is 1. The molecule has 4 aromatic rings. The fourth-order valence-electron chi connectivity index (χ4n) is 3.02. The van der Waals surface area contributed by atoms with Crippen LogP contribution in [-0.4, -0.2) is 28.5 Å². The Morgan fingerprint density at radius 1 is 1.12 bits per heavy atom. The minimum Gasteiger partial charge on any atom is -0.466 e. The van der Waals surface area contributed by atoms with Crippen molar-refractivity contribution >= 4 is 28.3 Å². The van der Waals surface area contributed by atoms with Gasteiger partial charge in [-0.3, -0.25) is 14.9 Å². The quantitative estimate of drug-likeness (QED) is 0.399. The Morgan fingerprint density at radius 2 is 1.88 bits per heavy atom. The largest absolute Gasteiger partial charge is 0.466 e. The SMILES string of the molecule is CCOC(=O)Cc1csc(NC(=O)c2ccccc2-c2ncc(-c3ccccc3F)o2)n1. The number of hydrogen-bond acceptors (Lipinski definition) is 7. The average molecular weight is 451 g/mol. The summed E-state index contributed by atoms with van der Waals surface area (Å²) in [5, 5.41) is 4.77. The lowest BCUT2D eigenvalue weighted by Gasteiger charge is -2.06. The molecule has 0 saturated heterocycles. The summed E-state index contributed by atoms with van der Waals surface area (Å²) in [6.45, 7) is 2.03. The first-order valence-corrected chi connectivity index (χ1v) is 10.6. The van der Waals surface area contributed by atoms with E-state index in [4.69, 9.17) is 9.15 Å². The summed E-state index contributed by atoms with van der Waals surface area (Å²) in [6.07, 6.45) is 1.46. The maximum Gasteiger partial charge on any atom is 0.311 e. The molecule has 7 nitrogen and oxygen atoms in total. The van der Waals surface area contributed by atoms with Crippen LogP contribution in [0.5, 0.6) is 0 Å². The Labute approximate surface area is 186 Å². The van der Waals surface area contributed by atoms with E-state index >= 15 is 0 Å². The molecule has 0 aliphatic carbocycles. The van der Waals surface area contributed by atoms with E-state index in [-0.39, 0.29) is 29.6 Å². The smallest absolute Gasteiger partial charge is 0.311 e. The Balaban J connectivity index is 1.54. The molecule has 0 unspecified atom stereocenters. The minimum absolute atomic E-state index is 0.0337. The van der Waals surface area contributed by atoms with Crippen LogP contribution >= 0.6 is 11.3 Å². The molecule has 0 atom stereocenters. The second-order valence-electron chi connectivity index (χ2n) is 6.64. The van der Waals surface area contributed by atoms with Gasteiger partial charge in [0.25, 0.3) is 5.91 Å². The van der Waals surface area contributed by atoms with Crippen LogP contribution in [0, 0.1) is 5.82 Å². The first-order valence-electron chi connectivity index (χ1n) is 9.76. The average Bonchev–Trinajstić information content (AvgIpc) is 3.44. The van der Waals surface area contributed by atoms with E-state index < -0.39 is 11.7 Å². The number of oxazole rings is 1. The number of carbonyl (C=O) groups excluding carboxylic acids is 2. The highest BCUT2D eigenvalue weighted by Gasteiger charge is 2.19. The van der Waals surface area contributed by atoms with E-state index in [1.54, 1.807) is 54.8 Å². The number of benzene rings is 2. The van der Waals surface area contributed by atoms with Gasteiger partial charge < -0.3 is 9.15 Å². The second-order valence-corrected chi connectivity index (χ2v) is 7.49. The molecule has 32 heavy (non-hydrogen) atoms. The van der Waals surface area contributed by atoms with Gasteiger partial charge >= 0.3 is 5.97 Å². The molecule has 1 amide bonds. The van der Waals surface area contributed by atoms with Crippen LogP contribution in [0.2, 0.25) is 0 Å². The number of nitrogens with zero attached hydrogens (tertiary/aromatic N) is 2. The minimum atomic E-state index is -0.427. The molecule has 0 saturated carbocycles. The molecule has 2 aromatic carbocycles. The molecule has 162 valence electrons. The Kier molecular flexibility index (Phi) is 6.37. The standard InChI is InChI=1S/C23H18FN3O4S/c1-2-30-20(28)11-14-13-32-23(26-14)27-21(29)15-7-3-4-8-16(15)22-25-12-19(31-22)17-9-5-6-10-18(17)24/h3-10,12-13H,2,11H2,1H3,(H,26,27,29). The van der Waals surface area contributed by atoms with E-state index in [1.165, 1.54) is 23.6 Å². The molecule has 2 aromatic heterocycles. The van der Waals surface area contributed by atoms with E-state index in [0.717, 1.165) is 0 Å². The van der Waals surface area contributed by atoms with Crippen molar-refractivity contribution in [3.8, 4) is 22.8 Å². The molecular weight excluding hydrogens is 433 g/mol. The number of ether oxygens (including phenoxy) is 1. The van der Waals surface area contributed by atoms with E-state index in [0.29, 0.717) is 28.6 Å². The molecular formula is C23H18FN3O4S. The zero-order chi connectivity index (χ0) is 22.5. The molecule has 0 aliphatic rings. The molecule has 0 fully saturated rings. The van der Waals surface area contributed by atoms with Crippen LogP contribution in [0.3, 0.4) is 0 Å². The van der Waals surface area contributed by atoms with Crippen LogP contribution in [0.1, 0.15) is 23.0 Å². The van der Waals surface area contributed by atoms with Gasteiger partial charge in [0.15, 0.2) is 10.9 Å². The normalized spacial score (nSPS) is 10.7. The van der Waals surface area contributed by atoms with Crippen molar-refractivity contribution in [2.75, 3.05) is 11.9 Å². The number of carbonyl (C=O) groups is 2. The van der Waals surface area contributed by atoms with Crippen LogP contribution in [0.25, 0.3) is 22.8 Å². The molecule has 4 rings (SSSR count). The van der Waals surface area contributed by atoms with Gasteiger partial charge in [-0.25, -0.2) is 14.4 Å². The van der Waals surface area contributed by atoms with Gasteiger partial charge in [-0.15, -0.1) is 11.3 Å². The van der Waals surface area contributed by atoms with Crippen LogP contribution in [0.15, 0.2) is 64.5 Å². The fourth-order valence-corrected chi connectivity index (χ4v) is 3.73. The summed E-state index contributed by atoms with van der Waals surface area (Å²) in [6, 6.07) is 13.0. The van der Waals surface area contributed by atoms with Crippen molar-refractivity contribution in [1.29, 1.82) is 0 Å². The number of nitrogens with one attached hydrogen (secondary N) is 1. The first-order chi connectivity index (χ1) is 15.5. The summed E-state index contributed by atoms with van der Waals surface area (Å²) in [4.78, 5) is 33.0. The maximum absolute atomic E-state index is 14.1. The second kappa shape index (κ2) is 9.52. The number of anilines is 1. The van der Waals surface area contributed by atoms with Crippen molar-refractivity contribution < 1.29 is 23.1 Å². The third-order valence-corrected chi connectivity index (χ3v) is 5.26. The molecule has 9 heteroatoms. The lowest BCUT2D eigenvalue weighted by Crippen LogP contribution is -2.13. The topological polar surface area (TPSA) is 94.3 Å². The van der Waals surface area contributed by atoms with E-state index in [9.17, 15) is 14.0 Å². The molecule has 1 N–H and O–H groups in total. The van der Waals surface area contributed by atoms with E-state index in [2.05, 4.69) is 15.3 Å². The van der Waals surface area contributed by atoms with Gasteiger partial charge in [-0.2, -0.15) is 0 Å². The molecule has 0 aliphatic heterocycles. The third kappa shape index (κ3) is 4.73. The van der Waals surface area contributed by atoms with Crippen LogP contribution in [-0.2, 0) is 16.0 Å². The van der Waals surface area contributed by atoms with E-state index in [1.807, 2.05) is 0 Å². The summed E-state index contributed by atoms with van der Waals surface area (Å²) < 4.78 is 24.7. The van der Waals surface area contributed by atoms with Crippen LogP contribution in [0.4, 0.5) is 9.52 Å². The third-order valence-electron chi connectivity index (χ3n) is 4.45. The highest BCUT2D eigenvalue weighted by Crippen LogP contribution is 2.30. The van der Waals surface area contributed by atoms with Crippen molar-refractivity contribution in [1.82, 2.24) is 9.97 Å². The Hall–Kier alpha value is -3.85. The van der Waals surface area contributed by atoms with Gasteiger partial charge in [0.1, 0.15) is 5.82 Å². The molecule has 2 heterocycles. The van der Waals surface area contributed by atoms with Gasteiger partial charge in [0, 0.05) is 10.9 Å². The Morgan fingerprint density at radius 3 is 2.66 bits per heavy atom. The van der Waals surface area contributed by atoms with Crippen molar-refractivity contribution in [2.45, 2.75) is 13.3 Å². The molecule has 0 bridgehead atoms. The number of halogens is 1. The number of hydrogen-bond donors (Lipinski definition) is 1. The van der Waals surface area contributed by atoms with Crippen molar-refractivity contribution in [3.63, 3.8) is 0 Å².